The zero-order valence-corrected chi connectivity index (χ0v) is 14.3. The highest BCUT2D eigenvalue weighted by Crippen LogP contribution is 2.24. The molecule has 1 N–H and O–H groups in total. The van der Waals surface area contributed by atoms with Crippen molar-refractivity contribution in [1.29, 1.82) is 0 Å². The van der Waals surface area contributed by atoms with E-state index in [2.05, 4.69) is 16.4 Å². The van der Waals surface area contributed by atoms with Crippen molar-refractivity contribution in [3.8, 4) is 0 Å². The Labute approximate surface area is 149 Å². The molecule has 0 spiro atoms. The average molecular weight is 348 g/mol. The Morgan fingerprint density at radius 2 is 1.80 bits per heavy atom. The first-order valence-corrected chi connectivity index (χ1v) is 9.03. The van der Waals surface area contributed by atoms with Crippen LogP contribution in [0.3, 0.4) is 0 Å². The number of benzene rings is 3. The molecule has 0 aliphatic rings. The fourth-order valence-corrected chi connectivity index (χ4v) is 3.41. The van der Waals surface area contributed by atoms with Crippen LogP contribution in [0.2, 0.25) is 0 Å². The van der Waals surface area contributed by atoms with Gasteiger partial charge in [-0.3, -0.25) is 4.79 Å². The molecule has 0 atom stereocenters. The van der Waals surface area contributed by atoms with Gasteiger partial charge in [-0.15, -0.1) is 0 Å². The summed E-state index contributed by atoms with van der Waals surface area (Å²) in [6.45, 7) is 0. The van der Waals surface area contributed by atoms with E-state index in [-0.39, 0.29) is 5.91 Å². The maximum atomic E-state index is 12.1. The summed E-state index contributed by atoms with van der Waals surface area (Å²) < 4.78 is 5.64. The topological polar surface area (TPSA) is 55.1 Å². The van der Waals surface area contributed by atoms with Crippen LogP contribution in [0, 0.1) is 0 Å². The molecule has 5 heteroatoms. The maximum Gasteiger partial charge on any atom is 0.256 e. The number of aromatic nitrogens is 1. The zero-order valence-electron chi connectivity index (χ0n) is 13.4. The molecule has 0 fully saturated rings. The molecule has 1 heterocycles. The highest BCUT2D eigenvalue weighted by Gasteiger charge is 2.08. The molecular weight excluding hydrogens is 332 g/mol. The molecule has 4 nitrogen and oxygen atoms in total. The Kier molecular flexibility index (Phi) is 4.39. The molecule has 0 saturated heterocycles. The van der Waals surface area contributed by atoms with E-state index >= 15 is 0 Å². The minimum Gasteiger partial charge on any atom is -0.431 e. The molecule has 25 heavy (non-hydrogen) atoms. The minimum atomic E-state index is -0.0149. The van der Waals surface area contributed by atoms with Crippen molar-refractivity contribution in [2.45, 2.75) is 11.6 Å². The number of oxazole rings is 1. The summed E-state index contributed by atoms with van der Waals surface area (Å²) in [5.41, 5.74) is 2.42. The summed E-state index contributed by atoms with van der Waals surface area (Å²) in [4.78, 5) is 16.5. The largest absolute Gasteiger partial charge is 0.431 e. The number of nitrogens with one attached hydrogen (secondary N) is 1. The lowest BCUT2D eigenvalue weighted by atomic mass is 10.1. The number of rotatable bonds is 5. The molecule has 0 bridgehead atoms. The van der Waals surface area contributed by atoms with E-state index in [1.54, 1.807) is 0 Å². The van der Waals surface area contributed by atoms with Crippen LogP contribution in [0.5, 0.6) is 0 Å². The summed E-state index contributed by atoms with van der Waals surface area (Å²) >= 11 is 1.45. The summed E-state index contributed by atoms with van der Waals surface area (Å²) in [7, 11) is 0. The van der Waals surface area contributed by atoms with Crippen LogP contribution in [0.25, 0.3) is 21.9 Å². The van der Waals surface area contributed by atoms with Crippen LogP contribution >= 0.6 is 11.8 Å². The lowest BCUT2D eigenvalue weighted by Crippen LogP contribution is -2.12. The van der Waals surface area contributed by atoms with Crippen molar-refractivity contribution in [3.05, 3.63) is 66.7 Å². The first-order valence-electron chi connectivity index (χ1n) is 8.05. The van der Waals surface area contributed by atoms with Gasteiger partial charge in [-0.25, -0.2) is 4.98 Å². The number of anilines is 1. The van der Waals surface area contributed by atoms with Crippen molar-refractivity contribution in [1.82, 2.24) is 4.98 Å². The van der Waals surface area contributed by atoms with Gasteiger partial charge in [0.1, 0.15) is 5.52 Å². The van der Waals surface area contributed by atoms with Gasteiger partial charge in [0.15, 0.2) is 5.58 Å². The van der Waals surface area contributed by atoms with Crippen LogP contribution in [-0.4, -0.2) is 16.6 Å². The summed E-state index contributed by atoms with van der Waals surface area (Å²) in [6, 6.07) is 21.7. The number of amides is 1. The van der Waals surface area contributed by atoms with Gasteiger partial charge in [-0.2, -0.15) is 0 Å². The molecule has 1 amide bonds. The van der Waals surface area contributed by atoms with Crippen molar-refractivity contribution >= 4 is 45.2 Å². The number of para-hydroxylation sites is 2. The van der Waals surface area contributed by atoms with Crippen LogP contribution in [0.4, 0.5) is 5.69 Å². The highest BCUT2D eigenvalue weighted by molar-refractivity contribution is 7.99. The first-order chi connectivity index (χ1) is 12.3. The van der Waals surface area contributed by atoms with Gasteiger partial charge >= 0.3 is 0 Å². The molecule has 4 aromatic rings. The van der Waals surface area contributed by atoms with E-state index in [1.165, 1.54) is 11.8 Å². The van der Waals surface area contributed by atoms with Gasteiger partial charge in [0.2, 0.25) is 5.91 Å². The number of hydrogen-bond acceptors (Lipinski definition) is 4. The van der Waals surface area contributed by atoms with Crippen molar-refractivity contribution in [2.75, 3.05) is 11.1 Å². The average Bonchev–Trinajstić information content (AvgIpc) is 3.04. The van der Waals surface area contributed by atoms with Gasteiger partial charge in [0.25, 0.3) is 5.22 Å². The molecular formula is C20H16N2O2S. The summed E-state index contributed by atoms with van der Waals surface area (Å²) in [6.07, 6.45) is 0.399. The van der Waals surface area contributed by atoms with Gasteiger partial charge < -0.3 is 9.73 Å². The number of thioether (sulfide) groups is 1. The van der Waals surface area contributed by atoms with Crippen LogP contribution < -0.4 is 5.32 Å². The minimum absolute atomic E-state index is 0.0149. The second-order valence-corrected chi connectivity index (χ2v) is 6.70. The fraction of sp³-hybridized carbons (Fsp3) is 0.100. The second-order valence-electron chi connectivity index (χ2n) is 5.66. The predicted octanol–water partition coefficient (Wildman–Crippen LogP) is 5.10. The number of nitrogens with zero attached hydrogens (tertiary/aromatic N) is 1. The third kappa shape index (κ3) is 3.67. The maximum absolute atomic E-state index is 12.1. The third-order valence-electron chi connectivity index (χ3n) is 3.86. The smallest absolute Gasteiger partial charge is 0.256 e. The standard InChI is InChI=1S/C20H16N2O2S/c23-19(21-16-10-9-14-5-1-2-6-15(14)13-16)11-12-25-20-22-17-7-3-4-8-18(17)24-20/h1-10,13H,11-12H2,(H,21,23). The number of carbonyl (C=O) groups excluding carboxylic acids is 1. The molecule has 4 rings (SSSR count). The van der Waals surface area contributed by atoms with Crippen LogP contribution in [0.1, 0.15) is 6.42 Å². The Balaban J connectivity index is 1.33. The summed E-state index contributed by atoms with van der Waals surface area (Å²) in [5.74, 6) is 0.602. The number of carbonyl (C=O) groups is 1. The van der Waals surface area contributed by atoms with Crippen molar-refractivity contribution in [3.63, 3.8) is 0 Å². The third-order valence-corrected chi connectivity index (χ3v) is 4.69. The lowest BCUT2D eigenvalue weighted by molar-refractivity contribution is -0.115. The zero-order chi connectivity index (χ0) is 17.1. The molecule has 0 radical (unpaired) electrons. The SMILES string of the molecule is O=C(CCSc1nc2ccccc2o1)Nc1ccc2ccccc2c1. The normalized spacial score (nSPS) is 11.0. The predicted molar refractivity (Wildman–Crippen MR) is 102 cm³/mol. The Morgan fingerprint density at radius 3 is 2.68 bits per heavy atom. The Morgan fingerprint density at radius 1 is 1.00 bits per heavy atom. The van der Waals surface area contributed by atoms with Crippen molar-refractivity contribution in [2.24, 2.45) is 0 Å². The Hall–Kier alpha value is -2.79. The van der Waals surface area contributed by atoms with E-state index < -0.39 is 0 Å². The van der Waals surface area contributed by atoms with E-state index in [0.717, 1.165) is 27.6 Å². The molecule has 1 aromatic heterocycles. The first kappa shape index (κ1) is 15.7. The molecule has 124 valence electrons. The van der Waals surface area contributed by atoms with E-state index in [4.69, 9.17) is 4.42 Å². The van der Waals surface area contributed by atoms with Crippen molar-refractivity contribution < 1.29 is 9.21 Å². The second kappa shape index (κ2) is 6.99. The molecule has 3 aromatic carbocycles. The van der Waals surface area contributed by atoms with Crippen LogP contribution in [0.15, 0.2) is 76.4 Å². The van der Waals surface area contributed by atoms with Gasteiger partial charge in [-0.1, -0.05) is 54.2 Å². The van der Waals surface area contributed by atoms with Gasteiger partial charge in [0, 0.05) is 17.9 Å². The van der Waals surface area contributed by atoms with Gasteiger partial charge in [0.05, 0.1) is 0 Å². The molecule has 0 aliphatic heterocycles. The quantitative estimate of drug-likeness (QED) is 0.510. The molecule has 0 saturated carbocycles. The molecule has 0 aliphatic carbocycles. The van der Waals surface area contributed by atoms with Crippen LogP contribution in [-0.2, 0) is 4.79 Å². The van der Waals surface area contributed by atoms with Gasteiger partial charge in [-0.05, 0) is 35.0 Å². The van der Waals surface area contributed by atoms with E-state index in [0.29, 0.717) is 17.4 Å². The van der Waals surface area contributed by atoms with E-state index in [9.17, 15) is 4.79 Å². The summed E-state index contributed by atoms with van der Waals surface area (Å²) in [5, 5.41) is 5.81. The Bertz CT molecular complexity index is 1010. The molecule has 0 unspecified atom stereocenters. The number of hydrogen-bond donors (Lipinski definition) is 1. The highest BCUT2D eigenvalue weighted by atomic mass is 32.2. The number of fused-ring (bicyclic) bond motifs is 2. The van der Waals surface area contributed by atoms with E-state index in [1.807, 2.05) is 60.7 Å². The fourth-order valence-electron chi connectivity index (χ4n) is 2.63. The lowest BCUT2D eigenvalue weighted by Gasteiger charge is -2.06. The monoisotopic (exact) mass is 348 g/mol.